The van der Waals surface area contributed by atoms with Crippen molar-refractivity contribution < 1.29 is 0 Å². The lowest BCUT2D eigenvalue weighted by Crippen LogP contribution is -2.28. The van der Waals surface area contributed by atoms with Gasteiger partial charge in [-0.1, -0.05) is 25.1 Å². The van der Waals surface area contributed by atoms with Gasteiger partial charge in [-0.3, -0.25) is 0 Å². The molecule has 0 aliphatic heterocycles. The van der Waals surface area contributed by atoms with Gasteiger partial charge in [-0.05, 0) is 37.3 Å². The molecule has 0 atom stereocenters. The van der Waals surface area contributed by atoms with Crippen LogP contribution in [0, 0.1) is 17.2 Å². The second-order valence-corrected chi connectivity index (χ2v) is 5.55. The van der Waals surface area contributed by atoms with Crippen molar-refractivity contribution in [1.82, 2.24) is 4.98 Å². The Kier molecular flexibility index (Phi) is 3.56. The highest BCUT2D eigenvalue weighted by molar-refractivity contribution is 5.83. The SMILES string of the molecule is CCCN(CC1CC1)c1nc2ccccc2cc1C#N. The van der Waals surface area contributed by atoms with Crippen molar-refractivity contribution in [3.8, 4) is 6.07 Å². The van der Waals surface area contributed by atoms with Gasteiger partial charge in [-0.2, -0.15) is 5.26 Å². The number of anilines is 1. The van der Waals surface area contributed by atoms with Crippen molar-refractivity contribution in [2.24, 2.45) is 5.92 Å². The molecule has 3 rings (SSSR count). The van der Waals surface area contributed by atoms with Gasteiger partial charge in [0.2, 0.25) is 0 Å². The van der Waals surface area contributed by atoms with E-state index in [1.807, 2.05) is 30.3 Å². The number of rotatable bonds is 5. The third-order valence-electron chi connectivity index (χ3n) is 3.79. The molecule has 1 aliphatic carbocycles. The van der Waals surface area contributed by atoms with Crippen LogP contribution < -0.4 is 4.90 Å². The molecule has 0 spiro atoms. The monoisotopic (exact) mass is 265 g/mol. The molecule has 1 aromatic heterocycles. The van der Waals surface area contributed by atoms with E-state index in [2.05, 4.69) is 17.9 Å². The first-order valence-electron chi connectivity index (χ1n) is 7.36. The highest BCUT2D eigenvalue weighted by Crippen LogP contribution is 2.32. The van der Waals surface area contributed by atoms with Gasteiger partial charge >= 0.3 is 0 Å². The molecular weight excluding hydrogens is 246 g/mol. The van der Waals surface area contributed by atoms with E-state index >= 15 is 0 Å². The fourth-order valence-corrected chi connectivity index (χ4v) is 2.59. The van der Waals surface area contributed by atoms with Crippen LogP contribution in [0.4, 0.5) is 5.82 Å². The van der Waals surface area contributed by atoms with Crippen molar-refractivity contribution in [3.05, 3.63) is 35.9 Å². The first kappa shape index (κ1) is 12.9. The zero-order valence-electron chi connectivity index (χ0n) is 11.8. The Hall–Kier alpha value is -2.08. The summed E-state index contributed by atoms with van der Waals surface area (Å²) in [6.45, 7) is 4.18. The average molecular weight is 265 g/mol. The summed E-state index contributed by atoms with van der Waals surface area (Å²) < 4.78 is 0. The smallest absolute Gasteiger partial charge is 0.147 e. The molecule has 1 heterocycles. The molecule has 1 aromatic carbocycles. The van der Waals surface area contributed by atoms with Crippen LogP contribution >= 0.6 is 0 Å². The van der Waals surface area contributed by atoms with E-state index in [0.29, 0.717) is 5.56 Å². The minimum atomic E-state index is 0.692. The fraction of sp³-hybridized carbons (Fsp3) is 0.412. The highest BCUT2D eigenvalue weighted by Gasteiger charge is 2.26. The molecule has 0 saturated heterocycles. The summed E-state index contributed by atoms with van der Waals surface area (Å²) in [5.41, 5.74) is 1.66. The van der Waals surface area contributed by atoms with Gasteiger partial charge < -0.3 is 4.90 Å². The number of fused-ring (bicyclic) bond motifs is 1. The van der Waals surface area contributed by atoms with E-state index in [4.69, 9.17) is 4.98 Å². The molecule has 1 fully saturated rings. The summed E-state index contributed by atoms with van der Waals surface area (Å²) in [7, 11) is 0. The molecular formula is C17H19N3. The Morgan fingerprint density at radius 3 is 2.85 bits per heavy atom. The number of pyridine rings is 1. The minimum absolute atomic E-state index is 0.692. The molecule has 102 valence electrons. The molecule has 1 aliphatic rings. The van der Waals surface area contributed by atoms with Crippen LogP contribution in [0.3, 0.4) is 0 Å². The number of nitrogens with zero attached hydrogens (tertiary/aromatic N) is 3. The van der Waals surface area contributed by atoms with Crippen LogP contribution in [0.5, 0.6) is 0 Å². The molecule has 2 aromatic rings. The first-order valence-corrected chi connectivity index (χ1v) is 7.36. The van der Waals surface area contributed by atoms with E-state index in [1.54, 1.807) is 0 Å². The summed E-state index contributed by atoms with van der Waals surface area (Å²) in [6.07, 6.45) is 3.71. The number of hydrogen-bond acceptors (Lipinski definition) is 3. The Morgan fingerprint density at radius 1 is 1.35 bits per heavy atom. The summed E-state index contributed by atoms with van der Waals surface area (Å²) in [5, 5.41) is 10.5. The normalized spacial score (nSPS) is 14.2. The third kappa shape index (κ3) is 2.60. The van der Waals surface area contributed by atoms with E-state index in [0.717, 1.165) is 42.1 Å². The van der Waals surface area contributed by atoms with E-state index < -0.39 is 0 Å². The van der Waals surface area contributed by atoms with Gasteiger partial charge in [-0.25, -0.2) is 4.98 Å². The maximum Gasteiger partial charge on any atom is 0.147 e. The van der Waals surface area contributed by atoms with Gasteiger partial charge in [-0.15, -0.1) is 0 Å². The Labute approximate surface area is 119 Å². The zero-order valence-corrected chi connectivity index (χ0v) is 11.8. The Balaban J connectivity index is 2.04. The number of aromatic nitrogens is 1. The molecule has 20 heavy (non-hydrogen) atoms. The lowest BCUT2D eigenvalue weighted by molar-refractivity contribution is 0.700. The highest BCUT2D eigenvalue weighted by atomic mass is 15.2. The standard InChI is InChI=1S/C17H19N3/c1-2-9-20(12-13-7-8-13)17-15(11-18)10-14-5-3-4-6-16(14)19-17/h3-6,10,13H,2,7-9,12H2,1H3. The van der Waals surface area contributed by atoms with Crippen molar-refractivity contribution in [2.45, 2.75) is 26.2 Å². The summed E-state index contributed by atoms with van der Waals surface area (Å²) >= 11 is 0. The van der Waals surface area contributed by atoms with Gasteiger partial charge in [0, 0.05) is 18.5 Å². The first-order chi connectivity index (χ1) is 9.81. The minimum Gasteiger partial charge on any atom is -0.355 e. The quantitative estimate of drug-likeness (QED) is 0.827. The zero-order chi connectivity index (χ0) is 13.9. The van der Waals surface area contributed by atoms with Gasteiger partial charge in [0.05, 0.1) is 11.1 Å². The van der Waals surface area contributed by atoms with Gasteiger partial charge in [0.15, 0.2) is 0 Å². The van der Waals surface area contributed by atoms with Crippen molar-refractivity contribution in [2.75, 3.05) is 18.0 Å². The molecule has 0 N–H and O–H groups in total. The summed E-state index contributed by atoms with van der Waals surface area (Å²) in [4.78, 5) is 7.04. The van der Waals surface area contributed by atoms with Crippen LogP contribution in [0.15, 0.2) is 30.3 Å². The predicted molar refractivity (Wildman–Crippen MR) is 81.7 cm³/mol. The summed E-state index contributed by atoms with van der Waals surface area (Å²) in [5.74, 6) is 1.65. The van der Waals surface area contributed by atoms with Crippen LogP contribution in [-0.4, -0.2) is 18.1 Å². The van der Waals surface area contributed by atoms with Crippen LogP contribution in [0.25, 0.3) is 10.9 Å². The number of para-hydroxylation sites is 1. The summed E-state index contributed by atoms with van der Waals surface area (Å²) in [6, 6.07) is 12.3. The molecule has 3 nitrogen and oxygen atoms in total. The Bertz CT molecular complexity index is 653. The van der Waals surface area contributed by atoms with E-state index in [-0.39, 0.29) is 0 Å². The maximum atomic E-state index is 9.43. The van der Waals surface area contributed by atoms with Crippen molar-refractivity contribution in [3.63, 3.8) is 0 Å². The molecule has 1 saturated carbocycles. The topological polar surface area (TPSA) is 39.9 Å². The molecule has 0 amide bonds. The van der Waals surface area contributed by atoms with Crippen molar-refractivity contribution in [1.29, 1.82) is 5.26 Å². The second-order valence-electron chi connectivity index (χ2n) is 5.55. The fourth-order valence-electron chi connectivity index (χ4n) is 2.59. The van der Waals surface area contributed by atoms with Crippen LogP contribution in [-0.2, 0) is 0 Å². The van der Waals surface area contributed by atoms with Crippen molar-refractivity contribution >= 4 is 16.7 Å². The average Bonchev–Trinajstić information content (AvgIpc) is 3.29. The number of nitriles is 1. The van der Waals surface area contributed by atoms with E-state index in [9.17, 15) is 5.26 Å². The molecule has 3 heteroatoms. The largest absolute Gasteiger partial charge is 0.355 e. The number of hydrogen-bond donors (Lipinski definition) is 0. The molecule has 0 unspecified atom stereocenters. The van der Waals surface area contributed by atoms with Crippen LogP contribution in [0.1, 0.15) is 31.7 Å². The lowest BCUT2D eigenvalue weighted by Gasteiger charge is -2.24. The predicted octanol–water partition coefficient (Wildman–Crippen LogP) is 3.73. The second kappa shape index (κ2) is 5.50. The maximum absolute atomic E-state index is 9.43. The van der Waals surface area contributed by atoms with Gasteiger partial charge in [0.25, 0.3) is 0 Å². The van der Waals surface area contributed by atoms with E-state index in [1.165, 1.54) is 12.8 Å². The van der Waals surface area contributed by atoms with Gasteiger partial charge in [0.1, 0.15) is 11.9 Å². The number of benzene rings is 1. The molecule has 0 bridgehead atoms. The lowest BCUT2D eigenvalue weighted by atomic mass is 10.1. The Morgan fingerprint density at radius 2 is 2.15 bits per heavy atom. The van der Waals surface area contributed by atoms with Crippen LogP contribution in [0.2, 0.25) is 0 Å². The molecule has 0 radical (unpaired) electrons. The third-order valence-corrected chi connectivity index (χ3v) is 3.79.